The van der Waals surface area contributed by atoms with Crippen LogP contribution in [-0.4, -0.2) is 141 Å². The molecule has 0 radical (unpaired) electrons. The number of ether oxygens (including phenoxy) is 1. The zero-order valence-electron chi connectivity index (χ0n) is 46.8. The highest BCUT2D eigenvalue weighted by Gasteiger charge is 2.38. The number of benzene rings is 1. The zero-order valence-corrected chi connectivity index (χ0v) is 46.8. The lowest BCUT2D eigenvalue weighted by Gasteiger charge is -2.32. The highest BCUT2D eigenvalue weighted by atomic mass is 16.5. The number of carbonyl (C=O) groups is 10. The first-order valence-electron chi connectivity index (χ1n) is 26.1. The zero-order chi connectivity index (χ0) is 58.2. The lowest BCUT2D eigenvalue weighted by Crippen LogP contribution is -2.64. The summed E-state index contributed by atoms with van der Waals surface area (Å²) < 4.78 is 5.17. The predicted molar refractivity (Wildman–Crippen MR) is 286 cm³/mol. The summed E-state index contributed by atoms with van der Waals surface area (Å²) in [6.07, 6.45) is 3.07. The van der Waals surface area contributed by atoms with Crippen molar-refractivity contribution in [1.29, 1.82) is 0 Å². The molecule has 0 saturated carbocycles. The Hall–Kier alpha value is -7.47. The number of primary amides is 1. The van der Waals surface area contributed by atoms with Gasteiger partial charge in [-0.1, -0.05) is 62.0 Å². The fourth-order valence-electron chi connectivity index (χ4n) is 7.73. The molecule has 1 heterocycles. The van der Waals surface area contributed by atoms with Crippen LogP contribution in [0.2, 0.25) is 0 Å². The fourth-order valence-corrected chi connectivity index (χ4v) is 7.73. The lowest BCUT2D eigenvalue weighted by molar-refractivity contribution is -0.138. The standard InChI is InChI=1S/C52H84N14O11/c1-14-40(68)54-25-17-15-19-37(57-48(73)41(31(6)7)56-33(10)67)46(71)60-39(28-30(4)5)47(72)62-52(11,12)51(76)61-42(32(8)9)49(74)58-36(45(70)59-38(43(53)69)27-29(2)3)20-16-18-26-55-50(75)44-63-65-66(64-44)34-21-23-35(77-13)24-22-34/h14,21-24,29-32,36-39,41-42H,1,15-20,25-28H2,2-13H3,(H2,53,69)(H,54,68)(H,55,75)(H,56,67)(H,57,73)(H,58,74)(H,59,70)(H,60,71)(H,61,76)(H,62,72)/t36-,37-,38-,39?,41-,42-/m0/s1. The van der Waals surface area contributed by atoms with Crippen LogP contribution < -0.4 is 58.3 Å². The smallest absolute Gasteiger partial charge is 0.292 e. The van der Waals surface area contributed by atoms with E-state index in [-0.39, 0.29) is 68.3 Å². The van der Waals surface area contributed by atoms with Gasteiger partial charge in [-0.2, -0.15) is 0 Å². The Bertz CT molecular complexity index is 2330. The highest BCUT2D eigenvalue weighted by molar-refractivity contribution is 5.99. The third kappa shape index (κ3) is 23.1. The van der Waals surface area contributed by atoms with Crippen molar-refractivity contribution < 1.29 is 52.7 Å². The summed E-state index contributed by atoms with van der Waals surface area (Å²) in [6.45, 7) is 22.1. The van der Waals surface area contributed by atoms with E-state index in [4.69, 9.17) is 10.5 Å². The minimum Gasteiger partial charge on any atom is -0.497 e. The van der Waals surface area contributed by atoms with Crippen molar-refractivity contribution in [1.82, 2.24) is 68.1 Å². The molecule has 1 aromatic carbocycles. The predicted octanol–water partition coefficient (Wildman–Crippen LogP) is 0.756. The van der Waals surface area contributed by atoms with Crippen LogP contribution in [0.15, 0.2) is 36.9 Å². The van der Waals surface area contributed by atoms with Crippen molar-refractivity contribution in [2.75, 3.05) is 20.2 Å². The molecule has 25 nitrogen and oxygen atoms in total. The van der Waals surface area contributed by atoms with E-state index in [1.54, 1.807) is 52.0 Å². The van der Waals surface area contributed by atoms with Gasteiger partial charge >= 0.3 is 0 Å². The van der Waals surface area contributed by atoms with E-state index in [2.05, 4.69) is 69.8 Å². The molecule has 10 amide bonds. The van der Waals surface area contributed by atoms with Crippen LogP contribution in [0, 0.1) is 23.7 Å². The van der Waals surface area contributed by atoms with E-state index in [1.165, 1.54) is 32.7 Å². The third-order valence-electron chi connectivity index (χ3n) is 12.0. The number of carbonyl (C=O) groups excluding carboxylic acids is 10. The molecule has 25 heteroatoms. The van der Waals surface area contributed by atoms with Crippen LogP contribution in [0.5, 0.6) is 5.75 Å². The number of nitrogens with one attached hydrogen (secondary N) is 9. The summed E-state index contributed by atoms with van der Waals surface area (Å²) in [6, 6.07) is -0.0496. The second kappa shape index (κ2) is 32.2. The van der Waals surface area contributed by atoms with Gasteiger partial charge in [-0.15, -0.1) is 15.0 Å². The lowest BCUT2D eigenvalue weighted by atomic mass is 9.97. The van der Waals surface area contributed by atoms with E-state index in [0.717, 1.165) is 6.08 Å². The van der Waals surface area contributed by atoms with E-state index in [0.29, 0.717) is 37.1 Å². The van der Waals surface area contributed by atoms with Crippen LogP contribution >= 0.6 is 0 Å². The molecule has 0 aliphatic rings. The van der Waals surface area contributed by atoms with Crippen LogP contribution in [0.1, 0.15) is 138 Å². The van der Waals surface area contributed by atoms with E-state index >= 15 is 0 Å². The Balaban J connectivity index is 2.26. The second-order valence-corrected chi connectivity index (χ2v) is 21.0. The minimum atomic E-state index is -1.69. The molecule has 428 valence electrons. The Labute approximate surface area is 451 Å². The first kappa shape index (κ1) is 65.6. The number of unbranched alkanes of at least 4 members (excludes halogenated alkanes) is 2. The Morgan fingerprint density at radius 2 is 1.13 bits per heavy atom. The molecule has 2 aromatic rings. The summed E-state index contributed by atoms with van der Waals surface area (Å²) in [4.78, 5) is 134. The first-order chi connectivity index (χ1) is 36.1. The van der Waals surface area contributed by atoms with E-state index in [9.17, 15) is 47.9 Å². The van der Waals surface area contributed by atoms with E-state index < -0.39 is 101 Å². The monoisotopic (exact) mass is 1080 g/mol. The van der Waals surface area contributed by atoms with Gasteiger partial charge in [-0.3, -0.25) is 47.9 Å². The van der Waals surface area contributed by atoms with Gasteiger partial charge in [0.25, 0.3) is 11.7 Å². The van der Waals surface area contributed by atoms with Crippen LogP contribution in [-0.2, 0) is 43.2 Å². The van der Waals surface area contributed by atoms with Gasteiger partial charge in [0.1, 0.15) is 47.5 Å². The van der Waals surface area contributed by atoms with Crippen molar-refractivity contribution in [2.45, 2.75) is 169 Å². The van der Waals surface area contributed by atoms with Gasteiger partial charge in [-0.25, -0.2) is 0 Å². The maximum atomic E-state index is 14.1. The number of aromatic nitrogens is 4. The fraction of sp³-hybridized carbons (Fsp3) is 0.635. The van der Waals surface area contributed by atoms with Crippen molar-refractivity contribution in [3.63, 3.8) is 0 Å². The number of amides is 10. The molecule has 0 aliphatic heterocycles. The Morgan fingerprint density at radius 3 is 1.60 bits per heavy atom. The largest absolute Gasteiger partial charge is 0.497 e. The van der Waals surface area contributed by atoms with Crippen LogP contribution in [0.4, 0.5) is 0 Å². The van der Waals surface area contributed by atoms with Crippen molar-refractivity contribution in [3.05, 3.63) is 42.7 Å². The van der Waals surface area contributed by atoms with Gasteiger partial charge in [0.2, 0.25) is 53.2 Å². The first-order valence-corrected chi connectivity index (χ1v) is 26.1. The molecule has 0 saturated heterocycles. The molecule has 77 heavy (non-hydrogen) atoms. The molecule has 0 spiro atoms. The molecule has 2 rings (SSSR count). The van der Waals surface area contributed by atoms with Crippen LogP contribution in [0.3, 0.4) is 0 Å². The molecule has 11 N–H and O–H groups in total. The Kier molecular flexibility index (Phi) is 27.4. The summed E-state index contributed by atoms with van der Waals surface area (Å²) >= 11 is 0. The normalized spacial score (nSPS) is 13.7. The Morgan fingerprint density at radius 1 is 0.649 bits per heavy atom. The quantitative estimate of drug-likeness (QED) is 0.0342. The second-order valence-electron chi connectivity index (χ2n) is 21.0. The topological polar surface area (TPSA) is 358 Å². The summed E-state index contributed by atoms with van der Waals surface area (Å²) in [5, 5.41) is 36.2. The minimum absolute atomic E-state index is 0.0252. The average molecular weight is 1080 g/mol. The third-order valence-corrected chi connectivity index (χ3v) is 12.0. The van der Waals surface area contributed by atoms with Gasteiger partial charge < -0.3 is 58.3 Å². The van der Waals surface area contributed by atoms with Crippen molar-refractivity contribution >= 4 is 59.1 Å². The number of hydrogen-bond acceptors (Lipinski definition) is 14. The highest BCUT2D eigenvalue weighted by Crippen LogP contribution is 2.16. The average Bonchev–Trinajstić information content (AvgIpc) is 3.85. The number of rotatable bonds is 34. The van der Waals surface area contributed by atoms with Gasteiger partial charge in [0, 0.05) is 20.0 Å². The molecule has 0 fully saturated rings. The molecule has 1 aromatic heterocycles. The molecule has 6 atom stereocenters. The van der Waals surface area contributed by atoms with Crippen LogP contribution in [0.25, 0.3) is 5.69 Å². The van der Waals surface area contributed by atoms with Gasteiger partial charge in [-0.05, 0) is 124 Å². The maximum Gasteiger partial charge on any atom is 0.292 e. The summed E-state index contributed by atoms with van der Waals surface area (Å²) in [5.41, 5.74) is 4.50. The van der Waals surface area contributed by atoms with Gasteiger partial charge in [0.05, 0.1) is 12.8 Å². The SMILES string of the molecule is C=CC(=O)NCCCC[C@H](NC(=O)[C@@H](NC(C)=O)C(C)C)C(=O)NC(CC(C)C)C(=O)NC(C)(C)C(=O)N[C@H](C(=O)N[C@@H](CCCCNC(=O)c1nnn(-c2ccc(OC)cc2)n1)C(=O)N[C@@H](CC(C)C)C(N)=O)C(C)C. The number of nitrogens with zero attached hydrogens (tertiary/aromatic N) is 4. The van der Waals surface area contributed by atoms with Gasteiger partial charge in [0.15, 0.2) is 0 Å². The number of nitrogens with two attached hydrogens (primary N) is 1. The summed E-state index contributed by atoms with van der Waals surface area (Å²) in [7, 11) is 1.53. The van der Waals surface area contributed by atoms with Crippen molar-refractivity contribution in [2.24, 2.45) is 29.4 Å². The molecule has 1 unspecified atom stereocenters. The molecular formula is C52H84N14O11. The number of tetrazole rings is 1. The molecular weight excluding hydrogens is 997 g/mol. The maximum absolute atomic E-state index is 14.1. The van der Waals surface area contributed by atoms with Crippen molar-refractivity contribution in [3.8, 4) is 11.4 Å². The molecule has 0 bridgehead atoms. The number of hydrogen-bond donors (Lipinski definition) is 10. The molecule has 0 aliphatic carbocycles. The number of methoxy groups -OCH3 is 1. The summed E-state index contributed by atoms with van der Waals surface area (Å²) in [5.74, 6) is -7.05. The van der Waals surface area contributed by atoms with E-state index in [1.807, 2.05) is 27.7 Å².